The zero-order chi connectivity index (χ0) is 12.7. The van der Waals surface area contributed by atoms with Crippen molar-refractivity contribution in [2.24, 2.45) is 0 Å². The van der Waals surface area contributed by atoms with Crippen molar-refractivity contribution in [1.82, 2.24) is 5.32 Å². The van der Waals surface area contributed by atoms with E-state index in [2.05, 4.69) is 5.32 Å². The van der Waals surface area contributed by atoms with E-state index in [1.165, 1.54) is 6.08 Å². The molecule has 0 saturated carbocycles. The summed E-state index contributed by atoms with van der Waals surface area (Å²) in [6.45, 7) is 4.20. The highest BCUT2D eigenvalue weighted by molar-refractivity contribution is 5.91. The van der Waals surface area contributed by atoms with Gasteiger partial charge in [0.25, 0.3) is 0 Å². The van der Waals surface area contributed by atoms with E-state index in [1.54, 1.807) is 13.0 Å². The zero-order valence-corrected chi connectivity index (χ0v) is 10.3. The summed E-state index contributed by atoms with van der Waals surface area (Å²) in [6.07, 6.45) is 3.51. The lowest BCUT2D eigenvalue weighted by molar-refractivity contribution is -0.116. The van der Waals surface area contributed by atoms with Crippen molar-refractivity contribution in [3.05, 3.63) is 41.5 Å². The molecule has 0 spiro atoms. The fourth-order valence-electron chi connectivity index (χ4n) is 1.40. The lowest BCUT2D eigenvalue weighted by Crippen LogP contribution is -2.24. The monoisotopic (exact) mass is 233 g/mol. The summed E-state index contributed by atoms with van der Waals surface area (Å²) in [5, 5.41) is 11.8. The van der Waals surface area contributed by atoms with Crippen LogP contribution in [0.4, 0.5) is 0 Å². The first-order chi connectivity index (χ1) is 8.09. The van der Waals surface area contributed by atoms with Gasteiger partial charge in [-0.25, -0.2) is 0 Å². The second-order valence-electron chi connectivity index (χ2n) is 4.12. The van der Waals surface area contributed by atoms with E-state index in [1.807, 2.05) is 31.2 Å². The van der Waals surface area contributed by atoms with Gasteiger partial charge in [0.2, 0.25) is 5.91 Å². The molecule has 3 nitrogen and oxygen atoms in total. The highest BCUT2D eigenvalue weighted by Crippen LogP contribution is 2.08. The van der Waals surface area contributed by atoms with Gasteiger partial charge < -0.3 is 10.4 Å². The van der Waals surface area contributed by atoms with Crippen molar-refractivity contribution in [3.8, 4) is 0 Å². The molecule has 0 heterocycles. The van der Waals surface area contributed by atoms with Crippen LogP contribution in [-0.4, -0.2) is 23.7 Å². The molecule has 0 bridgehead atoms. The van der Waals surface area contributed by atoms with Crippen molar-refractivity contribution in [3.63, 3.8) is 0 Å². The Bertz CT molecular complexity index is 397. The molecule has 1 aromatic rings. The first-order valence-electron chi connectivity index (χ1n) is 5.79. The summed E-state index contributed by atoms with van der Waals surface area (Å²) >= 11 is 0. The summed E-state index contributed by atoms with van der Waals surface area (Å²) in [6, 6.07) is 7.88. The molecule has 0 aliphatic rings. The molecule has 0 saturated heterocycles. The van der Waals surface area contributed by atoms with Gasteiger partial charge in [-0.05, 0) is 37.5 Å². The van der Waals surface area contributed by atoms with Crippen LogP contribution in [0.2, 0.25) is 0 Å². The molecular formula is C14H19NO2. The molecule has 2 N–H and O–H groups in total. The van der Waals surface area contributed by atoms with Gasteiger partial charge in [0.05, 0.1) is 6.10 Å². The third-order valence-corrected chi connectivity index (χ3v) is 2.46. The number of carbonyl (C=O) groups is 1. The summed E-state index contributed by atoms with van der Waals surface area (Å²) in [5.41, 5.74) is 2.18. The first-order valence-corrected chi connectivity index (χ1v) is 5.79. The van der Waals surface area contributed by atoms with Gasteiger partial charge in [0.1, 0.15) is 0 Å². The first kappa shape index (κ1) is 13.5. The van der Waals surface area contributed by atoms with Crippen molar-refractivity contribution < 1.29 is 9.90 Å². The molecule has 1 aromatic carbocycles. The lowest BCUT2D eigenvalue weighted by Gasteiger charge is -2.04. The van der Waals surface area contributed by atoms with Crippen LogP contribution in [0, 0.1) is 6.92 Å². The Morgan fingerprint density at radius 1 is 1.47 bits per heavy atom. The number of aryl methyl sites for hydroxylation is 1. The van der Waals surface area contributed by atoms with Crippen LogP contribution < -0.4 is 5.32 Å². The van der Waals surface area contributed by atoms with Crippen LogP contribution in [0.15, 0.2) is 30.3 Å². The number of aliphatic hydroxyl groups is 1. The molecule has 0 aromatic heterocycles. The molecule has 17 heavy (non-hydrogen) atoms. The molecule has 0 fully saturated rings. The minimum absolute atomic E-state index is 0.131. The van der Waals surface area contributed by atoms with Crippen molar-refractivity contribution in [2.75, 3.05) is 6.54 Å². The van der Waals surface area contributed by atoms with E-state index in [0.29, 0.717) is 13.0 Å². The minimum Gasteiger partial charge on any atom is -0.393 e. The number of nitrogens with one attached hydrogen (secondary N) is 1. The van der Waals surface area contributed by atoms with Crippen LogP contribution in [0.3, 0.4) is 0 Å². The number of benzene rings is 1. The third kappa shape index (κ3) is 5.31. The van der Waals surface area contributed by atoms with Gasteiger partial charge in [-0.1, -0.05) is 24.3 Å². The quantitative estimate of drug-likeness (QED) is 0.763. The number of carbonyl (C=O) groups excluding carboxylic acids is 1. The second kappa shape index (κ2) is 6.86. The van der Waals surface area contributed by atoms with Crippen LogP contribution in [0.5, 0.6) is 0 Å². The van der Waals surface area contributed by atoms with E-state index < -0.39 is 0 Å². The van der Waals surface area contributed by atoms with Gasteiger partial charge >= 0.3 is 0 Å². The number of amides is 1. The van der Waals surface area contributed by atoms with Crippen molar-refractivity contribution in [1.29, 1.82) is 0 Å². The molecule has 0 radical (unpaired) electrons. The third-order valence-electron chi connectivity index (χ3n) is 2.46. The van der Waals surface area contributed by atoms with Crippen molar-refractivity contribution in [2.45, 2.75) is 26.4 Å². The van der Waals surface area contributed by atoms with Gasteiger partial charge in [0, 0.05) is 12.6 Å². The summed E-state index contributed by atoms with van der Waals surface area (Å²) in [4.78, 5) is 11.4. The number of hydrogen-bond donors (Lipinski definition) is 2. The fraction of sp³-hybridized carbons (Fsp3) is 0.357. The van der Waals surface area contributed by atoms with Crippen LogP contribution in [0.25, 0.3) is 6.08 Å². The second-order valence-corrected chi connectivity index (χ2v) is 4.12. The topological polar surface area (TPSA) is 49.3 Å². The Morgan fingerprint density at radius 3 is 2.82 bits per heavy atom. The average molecular weight is 233 g/mol. The summed E-state index contributed by atoms with van der Waals surface area (Å²) in [7, 11) is 0. The van der Waals surface area contributed by atoms with Gasteiger partial charge in [0.15, 0.2) is 0 Å². The number of aliphatic hydroxyl groups excluding tert-OH is 1. The van der Waals surface area contributed by atoms with Crippen LogP contribution >= 0.6 is 0 Å². The summed E-state index contributed by atoms with van der Waals surface area (Å²) in [5.74, 6) is -0.131. The summed E-state index contributed by atoms with van der Waals surface area (Å²) < 4.78 is 0. The maximum atomic E-state index is 11.4. The highest BCUT2D eigenvalue weighted by atomic mass is 16.3. The Morgan fingerprint density at radius 2 is 2.18 bits per heavy atom. The number of rotatable bonds is 5. The van der Waals surface area contributed by atoms with E-state index in [0.717, 1.165) is 11.1 Å². The Balaban J connectivity index is 2.43. The normalized spacial score (nSPS) is 12.6. The SMILES string of the molecule is Cc1ccccc1C=CC(=O)NCCC(C)O. The fourth-order valence-corrected chi connectivity index (χ4v) is 1.40. The molecule has 0 aliphatic heterocycles. The largest absolute Gasteiger partial charge is 0.393 e. The average Bonchev–Trinajstić information content (AvgIpc) is 2.27. The lowest BCUT2D eigenvalue weighted by atomic mass is 10.1. The van der Waals surface area contributed by atoms with E-state index in [-0.39, 0.29) is 12.0 Å². The molecule has 1 atom stereocenters. The minimum atomic E-state index is -0.379. The molecule has 3 heteroatoms. The maximum Gasteiger partial charge on any atom is 0.244 e. The number of hydrogen-bond acceptors (Lipinski definition) is 2. The van der Waals surface area contributed by atoms with E-state index in [9.17, 15) is 4.79 Å². The Labute approximate surface area is 102 Å². The van der Waals surface area contributed by atoms with Crippen LogP contribution in [-0.2, 0) is 4.79 Å². The highest BCUT2D eigenvalue weighted by Gasteiger charge is 1.98. The van der Waals surface area contributed by atoms with Gasteiger partial charge in [-0.2, -0.15) is 0 Å². The van der Waals surface area contributed by atoms with E-state index >= 15 is 0 Å². The molecule has 1 rings (SSSR count). The predicted octanol–water partition coefficient (Wildman–Crippen LogP) is 1.90. The van der Waals surface area contributed by atoms with Crippen LogP contribution in [0.1, 0.15) is 24.5 Å². The molecule has 0 aliphatic carbocycles. The Kier molecular flexibility index (Phi) is 5.43. The molecule has 1 unspecified atom stereocenters. The van der Waals surface area contributed by atoms with E-state index in [4.69, 9.17) is 5.11 Å². The Hall–Kier alpha value is -1.61. The van der Waals surface area contributed by atoms with Gasteiger partial charge in [-0.15, -0.1) is 0 Å². The predicted molar refractivity (Wildman–Crippen MR) is 69.5 cm³/mol. The standard InChI is InChI=1S/C14H19NO2/c1-11-5-3-4-6-13(11)7-8-14(17)15-10-9-12(2)16/h3-8,12,16H,9-10H2,1-2H3,(H,15,17). The molecule has 92 valence electrons. The maximum absolute atomic E-state index is 11.4. The smallest absolute Gasteiger partial charge is 0.244 e. The van der Waals surface area contributed by atoms with Gasteiger partial charge in [-0.3, -0.25) is 4.79 Å². The zero-order valence-electron chi connectivity index (χ0n) is 10.3. The molecule has 1 amide bonds. The van der Waals surface area contributed by atoms with Crippen molar-refractivity contribution >= 4 is 12.0 Å². The molecular weight excluding hydrogens is 214 g/mol.